The smallest absolute Gasteiger partial charge is 0.0846 e. The van der Waals surface area contributed by atoms with Gasteiger partial charge < -0.3 is 9.84 Å². The van der Waals surface area contributed by atoms with Crippen LogP contribution in [0.15, 0.2) is 18.2 Å². The Morgan fingerprint density at radius 3 is 2.76 bits per heavy atom. The van der Waals surface area contributed by atoms with Crippen molar-refractivity contribution in [1.29, 1.82) is 0 Å². The van der Waals surface area contributed by atoms with Crippen molar-refractivity contribution in [2.75, 3.05) is 0 Å². The maximum Gasteiger partial charge on any atom is 0.0846 e. The average molecular weight is 232 g/mol. The van der Waals surface area contributed by atoms with E-state index in [1.165, 1.54) is 17.5 Å². The van der Waals surface area contributed by atoms with Crippen molar-refractivity contribution in [3.05, 3.63) is 34.9 Å². The van der Waals surface area contributed by atoms with Crippen LogP contribution in [0.3, 0.4) is 0 Å². The van der Waals surface area contributed by atoms with Crippen LogP contribution in [0.2, 0.25) is 0 Å². The van der Waals surface area contributed by atoms with Gasteiger partial charge in [0.25, 0.3) is 0 Å². The van der Waals surface area contributed by atoms with Crippen molar-refractivity contribution < 1.29 is 9.84 Å². The zero-order chi connectivity index (χ0) is 12.0. The molecular weight excluding hydrogens is 212 g/mol. The number of rotatable bonds is 2. The third-order valence-electron chi connectivity index (χ3n) is 4.52. The number of hydrogen-bond acceptors (Lipinski definition) is 2. The summed E-state index contributed by atoms with van der Waals surface area (Å²) < 4.78 is 5.84. The highest BCUT2D eigenvalue weighted by Gasteiger charge is 2.44. The van der Waals surface area contributed by atoms with Gasteiger partial charge in [-0.05, 0) is 49.8 Å². The molecule has 2 bridgehead atoms. The van der Waals surface area contributed by atoms with Gasteiger partial charge in [-0.25, -0.2) is 0 Å². The lowest BCUT2D eigenvalue weighted by atomic mass is 9.81. The first-order valence-corrected chi connectivity index (χ1v) is 6.56. The van der Waals surface area contributed by atoms with E-state index in [0.29, 0.717) is 12.0 Å². The lowest BCUT2D eigenvalue weighted by molar-refractivity contribution is 0.0420. The molecule has 2 fully saturated rings. The average Bonchev–Trinajstić information content (AvgIpc) is 2.94. The number of aliphatic hydroxyl groups excluding tert-OH is 1. The molecule has 0 aliphatic carbocycles. The number of ether oxygens (including phenoxy) is 1. The second-order valence-corrected chi connectivity index (χ2v) is 5.51. The highest BCUT2D eigenvalue weighted by atomic mass is 16.5. The van der Waals surface area contributed by atoms with E-state index in [4.69, 9.17) is 4.74 Å². The summed E-state index contributed by atoms with van der Waals surface area (Å²) in [6.07, 6.45) is 3.67. The number of hydrogen-bond donors (Lipinski definition) is 1. The van der Waals surface area contributed by atoms with Gasteiger partial charge in [0.05, 0.1) is 18.3 Å². The standard InChI is InChI=1S/C15H20O2/c1-9-4-3-5-12(10(9)2)15(16)13-8-11-6-7-14(13)17-11/h3-5,11,13-16H,6-8H2,1-2H3. The zero-order valence-electron chi connectivity index (χ0n) is 10.5. The second-order valence-electron chi connectivity index (χ2n) is 5.51. The molecule has 1 N–H and O–H groups in total. The minimum Gasteiger partial charge on any atom is -0.388 e. The van der Waals surface area contributed by atoms with E-state index in [9.17, 15) is 5.11 Å². The van der Waals surface area contributed by atoms with E-state index in [1.807, 2.05) is 6.07 Å². The van der Waals surface area contributed by atoms with E-state index >= 15 is 0 Å². The molecule has 17 heavy (non-hydrogen) atoms. The summed E-state index contributed by atoms with van der Waals surface area (Å²) in [5.74, 6) is 0.300. The lowest BCUT2D eigenvalue weighted by Gasteiger charge is -2.26. The van der Waals surface area contributed by atoms with Crippen LogP contribution < -0.4 is 0 Å². The maximum atomic E-state index is 10.6. The molecule has 2 nitrogen and oxygen atoms in total. The molecule has 92 valence electrons. The van der Waals surface area contributed by atoms with E-state index < -0.39 is 0 Å². The molecule has 4 unspecified atom stereocenters. The summed E-state index contributed by atoms with van der Waals surface area (Å²) in [7, 11) is 0. The van der Waals surface area contributed by atoms with Crippen molar-refractivity contribution in [3.8, 4) is 0 Å². The van der Waals surface area contributed by atoms with Gasteiger partial charge in [0.15, 0.2) is 0 Å². The minimum atomic E-state index is -0.356. The Hall–Kier alpha value is -0.860. The predicted molar refractivity (Wildman–Crippen MR) is 66.9 cm³/mol. The van der Waals surface area contributed by atoms with Crippen LogP contribution in [0.1, 0.15) is 42.1 Å². The fraction of sp³-hybridized carbons (Fsp3) is 0.600. The highest BCUT2D eigenvalue weighted by Crippen LogP contribution is 2.45. The second kappa shape index (κ2) is 4.11. The van der Waals surface area contributed by atoms with Crippen LogP contribution in [-0.2, 0) is 4.74 Å². The van der Waals surface area contributed by atoms with Gasteiger partial charge in [-0.15, -0.1) is 0 Å². The van der Waals surface area contributed by atoms with Gasteiger partial charge in [0.1, 0.15) is 0 Å². The van der Waals surface area contributed by atoms with Crippen molar-refractivity contribution in [2.45, 2.75) is 51.4 Å². The zero-order valence-corrected chi connectivity index (χ0v) is 10.5. The van der Waals surface area contributed by atoms with Crippen LogP contribution in [-0.4, -0.2) is 17.3 Å². The van der Waals surface area contributed by atoms with Gasteiger partial charge in [0.2, 0.25) is 0 Å². The van der Waals surface area contributed by atoms with E-state index in [0.717, 1.165) is 18.4 Å². The van der Waals surface area contributed by atoms with E-state index in [2.05, 4.69) is 26.0 Å². The normalized spacial score (nSPS) is 33.0. The Morgan fingerprint density at radius 2 is 2.12 bits per heavy atom. The number of aliphatic hydroxyl groups is 1. The number of benzene rings is 1. The van der Waals surface area contributed by atoms with Crippen LogP contribution >= 0.6 is 0 Å². The Kier molecular flexibility index (Phi) is 2.72. The Balaban J connectivity index is 1.86. The third-order valence-corrected chi connectivity index (χ3v) is 4.52. The van der Waals surface area contributed by atoms with Gasteiger partial charge in [-0.1, -0.05) is 18.2 Å². The minimum absolute atomic E-state index is 0.287. The first-order valence-electron chi connectivity index (χ1n) is 6.56. The fourth-order valence-electron chi connectivity index (χ4n) is 3.33. The van der Waals surface area contributed by atoms with Crippen LogP contribution in [0, 0.1) is 19.8 Å². The van der Waals surface area contributed by atoms with Gasteiger partial charge in [-0.2, -0.15) is 0 Å². The molecule has 2 saturated heterocycles. The molecule has 3 rings (SSSR count). The lowest BCUT2D eigenvalue weighted by Crippen LogP contribution is -2.24. The fourth-order valence-corrected chi connectivity index (χ4v) is 3.33. The van der Waals surface area contributed by atoms with E-state index in [1.54, 1.807) is 0 Å². The molecule has 2 aliphatic rings. The summed E-state index contributed by atoms with van der Waals surface area (Å²) >= 11 is 0. The predicted octanol–water partition coefficient (Wildman–Crippen LogP) is 2.90. The molecule has 0 radical (unpaired) electrons. The van der Waals surface area contributed by atoms with Gasteiger partial charge in [-0.3, -0.25) is 0 Å². The summed E-state index contributed by atoms with van der Waals surface area (Å²) in [5, 5.41) is 10.6. The number of aryl methyl sites for hydroxylation is 1. The van der Waals surface area contributed by atoms with Crippen molar-refractivity contribution >= 4 is 0 Å². The Bertz CT molecular complexity index is 427. The SMILES string of the molecule is Cc1cccc(C(O)C2CC3CCC2O3)c1C. The summed E-state index contributed by atoms with van der Waals surface area (Å²) in [6.45, 7) is 4.20. The van der Waals surface area contributed by atoms with Gasteiger partial charge >= 0.3 is 0 Å². The third kappa shape index (κ3) is 1.80. The maximum absolute atomic E-state index is 10.6. The quantitative estimate of drug-likeness (QED) is 0.849. The number of fused-ring (bicyclic) bond motifs is 2. The van der Waals surface area contributed by atoms with Gasteiger partial charge in [0, 0.05) is 5.92 Å². The molecule has 2 aliphatic heterocycles. The molecule has 0 aromatic heterocycles. The van der Waals surface area contributed by atoms with Crippen molar-refractivity contribution in [1.82, 2.24) is 0 Å². The van der Waals surface area contributed by atoms with Crippen LogP contribution in [0.4, 0.5) is 0 Å². The molecule has 2 heterocycles. The molecule has 0 amide bonds. The summed E-state index contributed by atoms with van der Waals surface area (Å²) in [4.78, 5) is 0. The molecular formula is C15H20O2. The first-order chi connectivity index (χ1) is 8.16. The highest BCUT2D eigenvalue weighted by molar-refractivity contribution is 5.35. The van der Waals surface area contributed by atoms with E-state index in [-0.39, 0.29) is 12.2 Å². The molecule has 4 atom stereocenters. The first kappa shape index (κ1) is 11.2. The monoisotopic (exact) mass is 232 g/mol. The molecule has 1 aromatic rings. The molecule has 0 saturated carbocycles. The van der Waals surface area contributed by atoms with Crippen molar-refractivity contribution in [3.63, 3.8) is 0 Å². The van der Waals surface area contributed by atoms with Crippen LogP contribution in [0.5, 0.6) is 0 Å². The molecule has 0 spiro atoms. The Labute approximate surface area is 103 Å². The Morgan fingerprint density at radius 1 is 1.29 bits per heavy atom. The summed E-state index contributed by atoms with van der Waals surface area (Å²) in [5.41, 5.74) is 3.57. The largest absolute Gasteiger partial charge is 0.388 e. The molecule has 2 heteroatoms. The molecule has 1 aromatic carbocycles. The van der Waals surface area contributed by atoms with Crippen LogP contribution in [0.25, 0.3) is 0 Å². The topological polar surface area (TPSA) is 29.5 Å². The summed E-state index contributed by atoms with van der Waals surface area (Å²) in [6, 6.07) is 6.19. The van der Waals surface area contributed by atoms with Crippen molar-refractivity contribution in [2.24, 2.45) is 5.92 Å².